The van der Waals surface area contributed by atoms with Crippen molar-refractivity contribution in [2.45, 2.75) is 31.2 Å². The molecule has 3 rings (SSSR count). The van der Waals surface area contributed by atoms with E-state index in [0.717, 1.165) is 42.4 Å². The molecule has 1 atom stereocenters. The predicted octanol–water partition coefficient (Wildman–Crippen LogP) is 5.30. The van der Waals surface area contributed by atoms with Gasteiger partial charge in [-0.25, -0.2) is 0 Å². The second kappa shape index (κ2) is 8.35. The van der Waals surface area contributed by atoms with E-state index < -0.39 is 0 Å². The molecule has 1 fully saturated rings. The Morgan fingerprint density at radius 1 is 0.917 bits per heavy atom. The Kier molecular flexibility index (Phi) is 6.18. The lowest BCUT2D eigenvalue weighted by Crippen LogP contribution is -2.36. The van der Waals surface area contributed by atoms with Gasteiger partial charge in [-0.2, -0.15) is 0 Å². The Bertz CT molecular complexity index is 634. The number of rotatable bonds is 5. The van der Waals surface area contributed by atoms with E-state index in [4.69, 9.17) is 23.2 Å². The van der Waals surface area contributed by atoms with Crippen LogP contribution in [-0.4, -0.2) is 29.7 Å². The molecule has 0 spiro atoms. The molecule has 1 saturated heterocycles. The third kappa shape index (κ3) is 4.31. The SMILES string of the molecule is OCCC(c1ccc(Cl)cc1)N1CCC(c2ccc(Cl)cc2)CC1. The summed E-state index contributed by atoms with van der Waals surface area (Å²) < 4.78 is 0. The van der Waals surface area contributed by atoms with Crippen LogP contribution in [-0.2, 0) is 0 Å². The van der Waals surface area contributed by atoms with Crippen molar-refractivity contribution in [3.63, 3.8) is 0 Å². The van der Waals surface area contributed by atoms with Gasteiger partial charge in [0, 0.05) is 22.7 Å². The van der Waals surface area contributed by atoms with E-state index >= 15 is 0 Å². The van der Waals surface area contributed by atoms with E-state index in [0.29, 0.717) is 5.92 Å². The highest BCUT2D eigenvalue weighted by Gasteiger charge is 2.26. The van der Waals surface area contributed by atoms with Crippen molar-refractivity contribution >= 4 is 23.2 Å². The molecule has 0 aliphatic carbocycles. The van der Waals surface area contributed by atoms with Crippen LogP contribution >= 0.6 is 23.2 Å². The molecule has 0 saturated carbocycles. The molecule has 2 nitrogen and oxygen atoms in total. The quantitative estimate of drug-likeness (QED) is 0.779. The number of likely N-dealkylation sites (tertiary alicyclic amines) is 1. The van der Waals surface area contributed by atoms with Crippen molar-refractivity contribution in [2.24, 2.45) is 0 Å². The molecule has 1 heterocycles. The molecule has 0 amide bonds. The van der Waals surface area contributed by atoms with Crippen molar-refractivity contribution in [2.75, 3.05) is 19.7 Å². The third-order valence-corrected chi connectivity index (χ3v) is 5.47. The molecular formula is C20H23Cl2NO. The first kappa shape index (κ1) is 17.8. The molecule has 1 aliphatic rings. The summed E-state index contributed by atoms with van der Waals surface area (Å²) in [6, 6.07) is 16.5. The average Bonchev–Trinajstić information content (AvgIpc) is 2.62. The second-order valence-corrected chi connectivity index (χ2v) is 7.31. The van der Waals surface area contributed by atoms with Gasteiger partial charge in [-0.1, -0.05) is 47.5 Å². The van der Waals surface area contributed by atoms with E-state index in [1.807, 2.05) is 24.3 Å². The summed E-state index contributed by atoms with van der Waals surface area (Å²) in [6.45, 7) is 2.28. The van der Waals surface area contributed by atoms with Crippen LogP contribution in [0.25, 0.3) is 0 Å². The number of hydrogen-bond donors (Lipinski definition) is 1. The maximum absolute atomic E-state index is 9.47. The number of aliphatic hydroxyl groups is 1. The molecule has 1 unspecified atom stereocenters. The number of nitrogens with zero attached hydrogens (tertiary/aromatic N) is 1. The Labute approximate surface area is 154 Å². The van der Waals surface area contributed by atoms with E-state index in [1.165, 1.54) is 11.1 Å². The van der Waals surface area contributed by atoms with Gasteiger partial charge >= 0.3 is 0 Å². The number of aliphatic hydroxyl groups excluding tert-OH is 1. The monoisotopic (exact) mass is 363 g/mol. The van der Waals surface area contributed by atoms with E-state index in [9.17, 15) is 5.11 Å². The normalized spacial score (nSPS) is 17.8. The largest absolute Gasteiger partial charge is 0.396 e. The molecule has 0 bridgehead atoms. The molecule has 24 heavy (non-hydrogen) atoms. The van der Waals surface area contributed by atoms with Gasteiger partial charge in [-0.05, 0) is 73.7 Å². The smallest absolute Gasteiger partial charge is 0.0449 e. The van der Waals surface area contributed by atoms with Crippen molar-refractivity contribution in [3.05, 3.63) is 69.7 Å². The summed E-state index contributed by atoms with van der Waals surface area (Å²) in [5, 5.41) is 11.0. The van der Waals surface area contributed by atoms with E-state index in [2.05, 4.69) is 29.2 Å². The maximum atomic E-state index is 9.47. The predicted molar refractivity (Wildman–Crippen MR) is 101 cm³/mol. The van der Waals surface area contributed by atoms with E-state index in [1.54, 1.807) is 0 Å². The summed E-state index contributed by atoms with van der Waals surface area (Å²) in [5.74, 6) is 0.596. The van der Waals surface area contributed by atoms with Crippen molar-refractivity contribution in [1.82, 2.24) is 4.90 Å². The van der Waals surface area contributed by atoms with Crippen LogP contribution in [0.3, 0.4) is 0 Å². The zero-order valence-electron chi connectivity index (χ0n) is 13.7. The van der Waals surface area contributed by atoms with Crippen molar-refractivity contribution < 1.29 is 5.11 Å². The van der Waals surface area contributed by atoms with Crippen LogP contribution in [0.15, 0.2) is 48.5 Å². The van der Waals surface area contributed by atoms with Crippen LogP contribution in [0.2, 0.25) is 10.0 Å². The van der Waals surface area contributed by atoms with Gasteiger partial charge in [0.15, 0.2) is 0 Å². The molecule has 1 N–H and O–H groups in total. The molecular weight excluding hydrogens is 341 g/mol. The number of hydrogen-bond acceptors (Lipinski definition) is 2. The highest BCUT2D eigenvalue weighted by Crippen LogP contribution is 2.34. The van der Waals surface area contributed by atoms with Gasteiger partial charge in [0.25, 0.3) is 0 Å². The summed E-state index contributed by atoms with van der Waals surface area (Å²) in [5.41, 5.74) is 2.61. The van der Waals surface area contributed by atoms with Crippen LogP contribution in [0, 0.1) is 0 Å². The lowest BCUT2D eigenvalue weighted by molar-refractivity contribution is 0.125. The average molecular weight is 364 g/mol. The fourth-order valence-corrected chi connectivity index (χ4v) is 3.90. The van der Waals surface area contributed by atoms with Crippen LogP contribution in [0.4, 0.5) is 0 Å². The summed E-state index contributed by atoms with van der Waals surface area (Å²) in [6.07, 6.45) is 3.03. The molecule has 128 valence electrons. The fraction of sp³-hybridized carbons (Fsp3) is 0.400. The molecule has 4 heteroatoms. The van der Waals surface area contributed by atoms with Crippen molar-refractivity contribution in [3.8, 4) is 0 Å². The highest BCUT2D eigenvalue weighted by molar-refractivity contribution is 6.30. The second-order valence-electron chi connectivity index (χ2n) is 6.44. The summed E-state index contributed by atoms with van der Waals surface area (Å²) >= 11 is 12.0. The molecule has 1 aliphatic heterocycles. The van der Waals surface area contributed by atoms with Gasteiger partial charge < -0.3 is 5.11 Å². The summed E-state index contributed by atoms with van der Waals surface area (Å²) in [7, 11) is 0. The maximum Gasteiger partial charge on any atom is 0.0449 e. The summed E-state index contributed by atoms with van der Waals surface area (Å²) in [4.78, 5) is 2.49. The lowest BCUT2D eigenvalue weighted by Gasteiger charge is -2.38. The van der Waals surface area contributed by atoms with Gasteiger partial charge in [-0.3, -0.25) is 4.90 Å². The van der Waals surface area contributed by atoms with Crippen LogP contribution < -0.4 is 0 Å². The molecule has 0 aromatic heterocycles. The topological polar surface area (TPSA) is 23.5 Å². The molecule has 2 aromatic rings. The Morgan fingerprint density at radius 2 is 1.46 bits per heavy atom. The third-order valence-electron chi connectivity index (χ3n) is 4.97. The van der Waals surface area contributed by atoms with Crippen molar-refractivity contribution in [1.29, 1.82) is 0 Å². The minimum atomic E-state index is 0.199. The number of benzene rings is 2. The Morgan fingerprint density at radius 3 is 2.00 bits per heavy atom. The number of piperidine rings is 1. The van der Waals surface area contributed by atoms with Crippen LogP contribution in [0.1, 0.15) is 42.3 Å². The fourth-order valence-electron chi connectivity index (χ4n) is 3.65. The van der Waals surface area contributed by atoms with E-state index in [-0.39, 0.29) is 12.6 Å². The highest BCUT2D eigenvalue weighted by atomic mass is 35.5. The zero-order chi connectivity index (χ0) is 16.9. The lowest BCUT2D eigenvalue weighted by atomic mass is 9.88. The first-order valence-corrected chi connectivity index (χ1v) is 9.29. The van der Waals surface area contributed by atoms with Gasteiger partial charge in [-0.15, -0.1) is 0 Å². The Balaban J connectivity index is 1.66. The minimum absolute atomic E-state index is 0.199. The van der Waals surface area contributed by atoms with Gasteiger partial charge in [0.05, 0.1) is 0 Å². The number of halogens is 2. The zero-order valence-corrected chi connectivity index (χ0v) is 15.2. The van der Waals surface area contributed by atoms with Crippen LogP contribution in [0.5, 0.6) is 0 Å². The minimum Gasteiger partial charge on any atom is -0.396 e. The first-order valence-electron chi connectivity index (χ1n) is 8.53. The molecule has 0 radical (unpaired) electrons. The first-order chi connectivity index (χ1) is 11.7. The molecule has 2 aromatic carbocycles. The Hall–Kier alpha value is -1.06. The van der Waals surface area contributed by atoms with Gasteiger partial charge in [0.1, 0.15) is 0 Å². The standard InChI is InChI=1S/C20H23Cl2NO/c21-18-5-1-15(2-6-18)16-9-12-23(13-10-16)20(11-14-24)17-3-7-19(22)8-4-17/h1-8,16,20,24H,9-14H2. The van der Waals surface area contributed by atoms with Gasteiger partial charge in [0.2, 0.25) is 0 Å².